The highest BCUT2D eigenvalue weighted by atomic mass is 32.1. The van der Waals surface area contributed by atoms with Crippen molar-refractivity contribution in [2.45, 2.75) is 0 Å². The molecule has 0 aliphatic heterocycles. The molecule has 2 heterocycles. The van der Waals surface area contributed by atoms with Crippen LogP contribution < -0.4 is 0 Å². The fraction of sp³-hybridized carbons (Fsp3) is 0. The van der Waals surface area contributed by atoms with Crippen molar-refractivity contribution in [2.75, 3.05) is 0 Å². The second kappa shape index (κ2) is 4.18. The lowest BCUT2D eigenvalue weighted by Gasteiger charge is -2.01. The van der Waals surface area contributed by atoms with Crippen molar-refractivity contribution in [1.29, 1.82) is 0 Å². The van der Waals surface area contributed by atoms with Crippen LogP contribution in [0.4, 0.5) is 0 Å². The summed E-state index contributed by atoms with van der Waals surface area (Å²) in [5, 5.41) is 2.68. The van der Waals surface area contributed by atoms with Crippen molar-refractivity contribution < 1.29 is 0 Å². The quantitative estimate of drug-likeness (QED) is 0.463. The highest BCUT2D eigenvalue weighted by Crippen LogP contribution is 2.35. The molecule has 90 valence electrons. The SMILES string of the molecule is c1cncc(-c2ccc3sc4ccccc4c3c2)c1. The van der Waals surface area contributed by atoms with Crippen molar-refractivity contribution in [3.63, 3.8) is 0 Å². The molecule has 4 aromatic rings. The fourth-order valence-electron chi connectivity index (χ4n) is 2.44. The van der Waals surface area contributed by atoms with Crippen molar-refractivity contribution in [3.05, 3.63) is 67.0 Å². The van der Waals surface area contributed by atoms with Gasteiger partial charge in [0.25, 0.3) is 0 Å². The molecular formula is C17H11NS. The van der Waals surface area contributed by atoms with E-state index < -0.39 is 0 Å². The Bertz CT molecular complexity index is 862. The average Bonchev–Trinajstić information content (AvgIpc) is 2.86. The van der Waals surface area contributed by atoms with Crippen LogP contribution in [0.3, 0.4) is 0 Å². The van der Waals surface area contributed by atoms with Gasteiger partial charge in [-0.05, 0) is 29.8 Å². The summed E-state index contributed by atoms with van der Waals surface area (Å²) in [5.74, 6) is 0. The number of thiophene rings is 1. The Kier molecular flexibility index (Phi) is 2.35. The van der Waals surface area contributed by atoms with Crippen LogP contribution in [0.1, 0.15) is 0 Å². The highest BCUT2D eigenvalue weighted by Gasteiger charge is 2.06. The van der Waals surface area contributed by atoms with Crippen LogP contribution in [0.2, 0.25) is 0 Å². The van der Waals surface area contributed by atoms with E-state index in [9.17, 15) is 0 Å². The summed E-state index contributed by atoms with van der Waals surface area (Å²) in [4.78, 5) is 4.19. The van der Waals surface area contributed by atoms with Gasteiger partial charge in [-0.2, -0.15) is 0 Å². The average molecular weight is 261 g/mol. The van der Waals surface area contributed by atoms with Crippen LogP contribution in [0.25, 0.3) is 31.3 Å². The Hall–Kier alpha value is -2.19. The summed E-state index contributed by atoms with van der Waals surface area (Å²) in [7, 11) is 0. The summed E-state index contributed by atoms with van der Waals surface area (Å²) in [6.45, 7) is 0. The predicted octanol–water partition coefficient (Wildman–Crippen LogP) is 5.12. The smallest absolute Gasteiger partial charge is 0.0355 e. The number of pyridine rings is 1. The Morgan fingerprint density at radius 3 is 2.53 bits per heavy atom. The molecule has 0 amide bonds. The minimum absolute atomic E-state index is 1.17. The molecule has 0 unspecified atom stereocenters. The van der Waals surface area contributed by atoms with Gasteiger partial charge >= 0.3 is 0 Å². The van der Waals surface area contributed by atoms with Gasteiger partial charge in [-0.3, -0.25) is 4.98 Å². The standard InChI is InChI=1S/C17H11NS/c1-2-6-16-14(5-1)15-10-12(7-8-17(15)19-16)13-4-3-9-18-11-13/h1-11H. The Morgan fingerprint density at radius 1 is 0.737 bits per heavy atom. The Balaban J connectivity index is 2.03. The van der Waals surface area contributed by atoms with Gasteiger partial charge in [0.15, 0.2) is 0 Å². The molecule has 0 aliphatic carbocycles. The summed E-state index contributed by atoms with van der Waals surface area (Å²) < 4.78 is 2.69. The minimum Gasteiger partial charge on any atom is -0.264 e. The number of hydrogen-bond acceptors (Lipinski definition) is 2. The van der Waals surface area contributed by atoms with E-state index in [1.54, 1.807) is 0 Å². The van der Waals surface area contributed by atoms with Crippen molar-refractivity contribution in [3.8, 4) is 11.1 Å². The largest absolute Gasteiger partial charge is 0.264 e. The van der Waals surface area contributed by atoms with Crippen molar-refractivity contribution in [2.24, 2.45) is 0 Å². The third-order valence-corrected chi connectivity index (χ3v) is 4.52. The molecule has 0 saturated heterocycles. The zero-order chi connectivity index (χ0) is 12.7. The van der Waals surface area contributed by atoms with Crippen molar-refractivity contribution in [1.82, 2.24) is 4.98 Å². The van der Waals surface area contributed by atoms with Crippen LogP contribution in [0, 0.1) is 0 Å². The van der Waals surface area contributed by atoms with Crippen LogP contribution >= 0.6 is 11.3 Å². The molecule has 4 rings (SSSR count). The summed E-state index contributed by atoms with van der Waals surface area (Å²) >= 11 is 1.85. The van der Waals surface area contributed by atoms with E-state index in [4.69, 9.17) is 0 Å². The molecule has 2 aromatic heterocycles. The molecule has 0 N–H and O–H groups in total. The number of nitrogens with zero attached hydrogens (tertiary/aromatic N) is 1. The van der Waals surface area contributed by atoms with Gasteiger partial charge in [0.2, 0.25) is 0 Å². The van der Waals surface area contributed by atoms with Gasteiger partial charge in [-0.1, -0.05) is 30.3 Å². The summed E-state index contributed by atoms with van der Waals surface area (Å²) in [6, 6.07) is 19.3. The molecule has 0 saturated carbocycles. The number of rotatable bonds is 1. The Labute approximate surface area is 115 Å². The molecule has 2 heteroatoms. The normalized spacial score (nSPS) is 11.2. The first-order chi connectivity index (χ1) is 9.42. The van der Waals surface area contributed by atoms with E-state index in [1.165, 1.54) is 31.3 Å². The maximum atomic E-state index is 4.19. The lowest BCUT2D eigenvalue weighted by molar-refractivity contribution is 1.33. The molecule has 0 fully saturated rings. The maximum Gasteiger partial charge on any atom is 0.0355 e. The van der Waals surface area contributed by atoms with E-state index in [-0.39, 0.29) is 0 Å². The first-order valence-electron chi connectivity index (χ1n) is 6.23. The molecule has 0 aliphatic rings. The summed E-state index contributed by atoms with van der Waals surface area (Å²) in [6.07, 6.45) is 3.72. The predicted molar refractivity (Wildman–Crippen MR) is 82.6 cm³/mol. The first-order valence-corrected chi connectivity index (χ1v) is 7.05. The van der Waals surface area contributed by atoms with Crippen LogP contribution in [0.15, 0.2) is 67.0 Å². The van der Waals surface area contributed by atoms with Gasteiger partial charge in [-0.15, -0.1) is 11.3 Å². The topological polar surface area (TPSA) is 12.9 Å². The number of benzene rings is 2. The van der Waals surface area contributed by atoms with Gasteiger partial charge < -0.3 is 0 Å². The number of hydrogen-bond donors (Lipinski definition) is 0. The lowest BCUT2D eigenvalue weighted by atomic mass is 10.0. The number of aromatic nitrogens is 1. The highest BCUT2D eigenvalue weighted by molar-refractivity contribution is 7.25. The summed E-state index contributed by atoms with van der Waals surface area (Å²) in [5.41, 5.74) is 2.39. The van der Waals surface area contributed by atoms with Crippen LogP contribution in [0.5, 0.6) is 0 Å². The van der Waals surface area contributed by atoms with Gasteiger partial charge in [0, 0.05) is 38.1 Å². The molecule has 19 heavy (non-hydrogen) atoms. The third-order valence-electron chi connectivity index (χ3n) is 3.37. The Morgan fingerprint density at radius 2 is 1.63 bits per heavy atom. The monoisotopic (exact) mass is 261 g/mol. The molecule has 1 nitrogen and oxygen atoms in total. The molecular weight excluding hydrogens is 250 g/mol. The van der Waals surface area contributed by atoms with E-state index in [0.717, 1.165) is 0 Å². The van der Waals surface area contributed by atoms with E-state index in [2.05, 4.69) is 53.5 Å². The molecule has 0 atom stereocenters. The van der Waals surface area contributed by atoms with Gasteiger partial charge in [0.1, 0.15) is 0 Å². The van der Waals surface area contributed by atoms with E-state index in [1.807, 2.05) is 29.8 Å². The molecule has 0 spiro atoms. The van der Waals surface area contributed by atoms with Crippen LogP contribution in [-0.4, -0.2) is 4.98 Å². The fourth-order valence-corrected chi connectivity index (χ4v) is 3.53. The molecule has 0 radical (unpaired) electrons. The second-order valence-electron chi connectivity index (χ2n) is 4.55. The molecule has 0 bridgehead atoms. The third kappa shape index (κ3) is 1.72. The van der Waals surface area contributed by atoms with Gasteiger partial charge in [-0.25, -0.2) is 0 Å². The second-order valence-corrected chi connectivity index (χ2v) is 5.63. The minimum atomic E-state index is 1.17. The number of fused-ring (bicyclic) bond motifs is 3. The first kappa shape index (κ1) is 10.7. The maximum absolute atomic E-state index is 4.19. The molecule has 2 aromatic carbocycles. The van der Waals surface area contributed by atoms with Gasteiger partial charge in [0.05, 0.1) is 0 Å². The van der Waals surface area contributed by atoms with E-state index >= 15 is 0 Å². The van der Waals surface area contributed by atoms with Crippen molar-refractivity contribution >= 4 is 31.5 Å². The van der Waals surface area contributed by atoms with E-state index in [0.29, 0.717) is 0 Å². The lowest BCUT2D eigenvalue weighted by Crippen LogP contribution is -1.78. The zero-order valence-corrected chi connectivity index (χ0v) is 11.0. The zero-order valence-electron chi connectivity index (χ0n) is 10.2. The van der Waals surface area contributed by atoms with Crippen LogP contribution in [-0.2, 0) is 0 Å².